The molecule has 1 amide bonds. The minimum absolute atomic E-state index is 0.00145. The molecule has 0 bridgehead atoms. The Balaban J connectivity index is 1.33. The fraction of sp³-hybridized carbons (Fsp3) is 0.382. The van der Waals surface area contributed by atoms with Crippen LogP contribution in [0.1, 0.15) is 66.0 Å². The van der Waals surface area contributed by atoms with Gasteiger partial charge in [0.15, 0.2) is 5.96 Å². The zero-order chi connectivity index (χ0) is 33.4. The van der Waals surface area contributed by atoms with Gasteiger partial charge in [0.1, 0.15) is 28.9 Å². The van der Waals surface area contributed by atoms with Crippen molar-refractivity contribution in [3.63, 3.8) is 0 Å². The Hall–Kier alpha value is -4.58. The second kappa shape index (κ2) is 12.7. The lowest BCUT2D eigenvalue weighted by molar-refractivity contribution is -0.136. The first kappa shape index (κ1) is 32.8. The van der Waals surface area contributed by atoms with Gasteiger partial charge < -0.3 is 30.4 Å². The van der Waals surface area contributed by atoms with Gasteiger partial charge in [-0.2, -0.15) is 8.42 Å². The molecule has 3 aromatic carbocycles. The number of hydrogen-bond donors (Lipinski definition) is 3. The van der Waals surface area contributed by atoms with Crippen LogP contribution in [0.3, 0.4) is 0 Å². The predicted molar refractivity (Wildman–Crippen MR) is 174 cm³/mol. The Bertz CT molecular complexity index is 1790. The average molecular weight is 649 g/mol. The average Bonchev–Trinajstić information content (AvgIpc) is 3.50. The number of amides is 1. The van der Waals surface area contributed by atoms with E-state index in [1.165, 1.54) is 0 Å². The van der Waals surface area contributed by atoms with Gasteiger partial charge in [-0.25, -0.2) is 9.59 Å². The van der Waals surface area contributed by atoms with E-state index in [0.717, 1.165) is 27.8 Å². The first-order chi connectivity index (χ1) is 21.7. The summed E-state index contributed by atoms with van der Waals surface area (Å²) >= 11 is 0. The molecule has 0 fully saturated rings. The summed E-state index contributed by atoms with van der Waals surface area (Å²) in [6, 6.07) is 14.5. The summed E-state index contributed by atoms with van der Waals surface area (Å²) < 4.78 is 44.2. The largest absolute Gasteiger partial charge is 0.487 e. The van der Waals surface area contributed by atoms with Crippen LogP contribution in [0.2, 0.25) is 0 Å². The fourth-order valence-corrected chi connectivity index (χ4v) is 7.80. The number of aliphatic imine (C=N–C) groups is 1. The molecule has 0 unspecified atom stereocenters. The highest BCUT2D eigenvalue weighted by Crippen LogP contribution is 2.45. The predicted octanol–water partition coefficient (Wildman–Crippen LogP) is 4.52. The van der Waals surface area contributed by atoms with Crippen LogP contribution in [0.5, 0.6) is 5.75 Å². The molecule has 0 saturated heterocycles. The minimum atomic E-state index is -4.58. The highest BCUT2D eigenvalue weighted by atomic mass is 32.2. The van der Waals surface area contributed by atoms with E-state index in [1.807, 2.05) is 62.4 Å². The van der Waals surface area contributed by atoms with Gasteiger partial charge in [-0.1, -0.05) is 48.5 Å². The normalized spacial score (nSPS) is 15.2. The number of alkyl carbamates (subject to hydrolysis) is 1. The van der Waals surface area contributed by atoms with Crippen LogP contribution < -0.4 is 21.5 Å². The molecule has 2 aliphatic rings. The smallest absolute Gasteiger partial charge is 0.407 e. The lowest BCUT2D eigenvalue weighted by Gasteiger charge is -2.21. The van der Waals surface area contributed by atoms with E-state index in [4.69, 9.17) is 25.1 Å². The van der Waals surface area contributed by atoms with Crippen LogP contribution in [0.4, 0.5) is 4.79 Å². The molecular weight excluding hydrogens is 608 g/mol. The lowest BCUT2D eigenvalue weighted by Crippen LogP contribution is -2.43. The van der Waals surface area contributed by atoms with Crippen molar-refractivity contribution in [2.45, 2.75) is 76.3 Å². The van der Waals surface area contributed by atoms with Gasteiger partial charge in [0.2, 0.25) is 0 Å². The highest BCUT2D eigenvalue weighted by Gasteiger charge is 2.38. The van der Waals surface area contributed by atoms with E-state index in [1.54, 1.807) is 20.8 Å². The number of guanidine groups is 1. The summed E-state index contributed by atoms with van der Waals surface area (Å²) in [4.78, 5) is 30.4. The number of fused-ring (bicyclic) bond motifs is 4. The number of nitrogens with two attached hydrogens (primary N) is 2. The molecule has 1 heterocycles. The van der Waals surface area contributed by atoms with Gasteiger partial charge in [0.25, 0.3) is 0 Å². The zero-order valence-corrected chi connectivity index (χ0v) is 27.5. The van der Waals surface area contributed by atoms with Crippen molar-refractivity contribution in [3.05, 3.63) is 81.9 Å². The quantitative estimate of drug-likeness (QED) is 0.124. The number of nitrogens with one attached hydrogen (secondary N) is 1. The van der Waals surface area contributed by atoms with Crippen molar-refractivity contribution in [3.8, 4) is 16.9 Å². The Kier molecular flexibility index (Phi) is 9.03. The van der Waals surface area contributed by atoms with Crippen molar-refractivity contribution in [2.24, 2.45) is 16.5 Å². The van der Waals surface area contributed by atoms with E-state index in [-0.39, 0.29) is 42.8 Å². The second-order valence-electron chi connectivity index (χ2n) is 12.4. The maximum absolute atomic E-state index is 13.7. The second-order valence-corrected chi connectivity index (χ2v) is 13.9. The topological polar surface area (TPSA) is 172 Å². The molecule has 46 heavy (non-hydrogen) atoms. The van der Waals surface area contributed by atoms with Crippen LogP contribution in [-0.4, -0.2) is 51.2 Å². The molecule has 11 nitrogen and oxygen atoms in total. The van der Waals surface area contributed by atoms with Gasteiger partial charge in [0.05, 0.1) is 0 Å². The lowest BCUT2D eigenvalue weighted by atomic mass is 9.94. The fourth-order valence-electron chi connectivity index (χ4n) is 6.36. The van der Waals surface area contributed by atoms with Crippen LogP contribution in [0.25, 0.3) is 11.1 Å². The zero-order valence-electron chi connectivity index (χ0n) is 26.7. The molecule has 0 saturated carbocycles. The number of rotatable bonds is 10. The molecular formula is C34H40N4O7S. The molecule has 1 aliphatic carbocycles. The number of hydrogen-bond acceptors (Lipinski definition) is 8. The number of benzene rings is 3. The van der Waals surface area contributed by atoms with Gasteiger partial charge in [0, 0.05) is 24.4 Å². The molecule has 244 valence electrons. The maximum Gasteiger partial charge on any atom is 0.407 e. The van der Waals surface area contributed by atoms with Gasteiger partial charge >= 0.3 is 22.2 Å². The molecule has 0 radical (unpaired) electrons. The number of ether oxygens (including phenoxy) is 2. The Morgan fingerprint density at radius 1 is 1.00 bits per heavy atom. The molecule has 1 aliphatic heterocycles. The van der Waals surface area contributed by atoms with Crippen LogP contribution in [0.15, 0.2) is 58.4 Å². The number of nitrogens with zero attached hydrogens (tertiary/aromatic N) is 1. The van der Waals surface area contributed by atoms with Crippen molar-refractivity contribution in [2.75, 3.05) is 13.2 Å². The van der Waals surface area contributed by atoms with E-state index in [0.29, 0.717) is 28.9 Å². The van der Waals surface area contributed by atoms with Crippen molar-refractivity contribution in [1.29, 1.82) is 0 Å². The summed E-state index contributed by atoms with van der Waals surface area (Å²) in [5.74, 6) is -0.823. The summed E-state index contributed by atoms with van der Waals surface area (Å²) in [5.41, 5.74) is 16.8. The summed E-state index contributed by atoms with van der Waals surface area (Å²) in [7, 11) is -4.58. The van der Waals surface area contributed by atoms with Crippen LogP contribution in [0, 0.1) is 20.8 Å². The molecule has 0 spiro atoms. The van der Waals surface area contributed by atoms with Crippen LogP contribution in [-0.2, 0) is 30.3 Å². The third-order valence-electron chi connectivity index (χ3n) is 8.60. The summed E-state index contributed by atoms with van der Waals surface area (Å²) in [5, 5.41) is 2.51. The van der Waals surface area contributed by atoms with Gasteiger partial charge in [-0.05, 0) is 86.4 Å². The van der Waals surface area contributed by atoms with Crippen LogP contribution >= 0.6 is 0 Å². The maximum atomic E-state index is 13.7. The summed E-state index contributed by atoms with van der Waals surface area (Å²) in [6.07, 6.45) is -0.131. The first-order valence-corrected chi connectivity index (χ1v) is 16.6. The standard InChI is InChI=1S/C34H40N4O7S/c1-19-20(2)30(21(3)26-17-34(4,5)44-29(19)26)46(41,42)45-31(39)28(15-10-16-37-32(35)36)38-33(40)43-18-27-24-13-8-6-11-22(24)23-12-7-9-14-25(23)27/h6-9,11-14,27-28H,10,15-18H2,1-5H3,(H,38,40)(H4,35,36,37)/t28-/m0/s1. The number of carbonyl (C=O) groups excluding carboxylic acids is 2. The third-order valence-corrected chi connectivity index (χ3v) is 10.1. The van der Waals surface area contributed by atoms with E-state index in [9.17, 15) is 18.0 Å². The Morgan fingerprint density at radius 2 is 1.61 bits per heavy atom. The van der Waals surface area contributed by atoms with Gasteiger partial charge in [-0.3, -0.25) is 4.99 Å². The Labute approximate surface area is 269 Å². The molecule has 1 atom stereocenters. The van der Waals surface area contributed by atoms with Gasteiger partial charge in [-0.15, -0.1) is 0 Å². The SMILES string of the molecule is Cc1c(C)c(S(=O)(=O)OC(=O)[C@H](CCCN=C(N)N)NC(=O)OCC2c3ccccc3-c3ccccc32)c(C)c2c1OC(C)(C)C2. The van der Waals surface area contributed by atoms with Crippen molar-refractivity contribution < 1.29 is 31.7 Å². The molecule has 12 heteroatoms. The third kappa shape index (κ3) is 6.53. The van der Waals surface area contributed by atoms with E-state index in [2.05, 4.69) is 10.3 Å². The molecule has 3 aromatic rings. The molecule has 5 rings (SSSR count). The summed E-state index contributed by atoms with van der Waals surface area (Å²) in [6.45, 7) is 9.14. The van der Waals surface area contributed by atoms with Crippen molar-refractivity contribution in [1.82, 2.24) is 5.32 Å². The monoisotopic (exact) mass is 648 g/mol. The first-order valence-electron chi connectivity index (χ1n) is 15.2. The minimum Gasteiger partial charge on any atom is -0.487 e. The highest BCUT2D eigenvalue weighted by molar-refractivity contribution is 7.87. The number of carbonyl (C=O) groups is 2. The molecule has 0 aromatic heterocycles. The molecule has 5 N–H and O–H groups in total. The van der Waals surface area contributed by atoms with E-state index < -0.39 is 33.8 Å². The van der Waals surface area contributed by atoms with E-state index >= 15 is 0 Å². The Morgan fingerprint density at radius 3 is 2.22 bits per heavy atom. The van der Waals surface area contributed by atoms with Crippen molar-refractivity contribution >= 4 is 28.1 Å².